The molecule has 0 aromatic heterocycles. The van der Waals surface area contributed by atoms with Gasteiger partial charge >= 0.3 is 0 Å². The molecule has 0 bridgehead atoms. The number of allylic oxidation sites excluding steroid dienone is 2. The molecule has 6 heteroatoms. The number of nitrogens with zero attached hydrogens (tertiary/aromatic N) is 3. The highest BCUT2D eigenvalue weighted by atomic mass is 16.5. The van der Waals surface area contributed by atoms with E-state index in [2.05, 4.69) is 5.32 Å². The van der Waals surface area contributed by atoms with Crippen LogP contribution in [0.1, 0.15) is 5.56 Å². The first-order chi connectivity index (χ1) is 9.68. The molecule has 6 nitrogen and oxygen atoms in total. The highest BCUT2D eigenvalue weighted by Crippen LogP contribution is 2.22. The maximum absolute atomic E-state index is 8.98. The molecule has 0 aliphatic rings. The van der Waals surface area contributed by atoms with Crippen LogP contribution in [0.3, 0.4) is 0 Å². The molecular formula is C14H12N4O2. The predicted molar refractivity (Wildman–Crippen MR) is 71.3 cm³/mol. The SMILES string of the molecule is COc1cc(CCO)cc(NC(C#N)=C(C#N)C#N)c1. The monoisotopic (exact) mass is 268 g/mol. The van der Waals surface area contributed by atoms with Crippen LogP contribution >= 0.6 is 0 Å². The van der Waals surface area contributed by atoms with Gasteiger partial charge in [0.1, 0.15) is 29.7 Å². The van der Waals surface area contributed by atoms with Crippen LogP contribution in [0, 0.1) is 34.0 Å². The van der Waals surface area contributed by atoms with Crippen LogP contribution in [0.15, 0.2) is 29.5 Å². The molecule has 2 N–H and O–H groups in total. The van der Waals surface area contributed by atoms with Gasteiger partial charge in [0.15, 0.2) is 5.57 Å². The van der Waals surface area contributed by atoms with E-state index in [9.17, 15) is 0 Å². The van der Waals surface area contributed by atoms with Crippen molar-refractivity contribution in [2.24, 2.45) is 0 Å². The number of ether oxygens (including phenoxy) is 1. The zero-order valence-electron chi connectivity index (χ0n) is 10.8. The van der Waals surface area contributed by atoms with Crippen molar-refractivity contribution < 1.29 is 9.84 Å². The van der Waals surface area contributed by atoms with Gasteiger partial charge in [-0.05, 0) is 24.1 Å². The van der Waals surface area contributed by atoms with Crippen molar-refractivity contribution in [1.82, 2.24) is 0 Å². The molecule has 1 aromatic carbocycles. The fraction of sp³-hybridized carbons (Fsp3) is 0.214. The molecule has 1 rings (SSSR count). The van der Waals surface area contributed by atoms with Crippen molar-refractivity contribution in [3.05, 3.63) is 35.0 Å². The van der Waals surface area contributed by atoms with E-state index in [0.29, 0.717) is 17.9 Å². The van der Waals surface area contributed by atoms with Gasteiger partial charge in [-0.25, -0.2) is 0 Å². The van der Waals surface area contributed by atoms with Crippen LogP contribution in [0.25, 0.3) is 0 Å². The van der Waals surface area contributed by atoms with Crippen molar-refractivity contribution in [2.75, 3.05) is 19.0 Å². The van der Waals surface area contributed by atoms with Crippen molar-refractivity contribution in [3.8, 4) is 24.0 Å². The first-order valence-electron chi connectivity index (χ1n) is 5.69. The molecule has 0 saturated carbocycles. The lowest BCUT2D eigenvalue weighted by atomic mass is 10.1. The van der Waals surface area contributed by atoms with Gasteiger partial charge in [0, 0.05) is 18.4 Å². The zero-order valence-corrected chi connectivity index (χ0v) is 10.8. The Balaban J connectivity index is 3.18. The zero-order chi connectivity index (χ0) is 15.0. The number of hydrogen-bond acceptors (Lipinski definition) is 6. The molecule has 0 fully saturated rings. The predicted octanol–water partition coefficient (Wildman–Crippen LogP) is 1.47. The summed E-state index contributed by atoms with van der Waals surface area (Å²) in [4.78, 5) is 0. The maximum atomic E-state index is 8.98. The minimum atomic E-state index is -0.293. The third-order valence-corrected chi connectivity index (χ3v) is 2.46. The lowest BCUT2D eigenvalue weighted by molar-refractivity contribution is 0.299. The number of nitrogens with one attached hydrogen (secondary N) is 1. The third kappa shape index (κ3) is 3.74. The molecule has 0 aliphatic carbocycles. The molecule has 0 spiro atoms. The van der Waals surface area contributed by atoms with Crippen LogP contribution in [-0.2, 0) is 6.42 Å². The standard InChI is InChI=1S/C14H12N4O2/c1-20-13-5-10(2-3-19)4-12(6-13)18-14(9-17)11(7-15)8-16/h4-6,18-19H,2-3H2,1H3. The molecule has 0 aliphatic heterocycles. The summed E-state index contributed by atoms with van der Waals surface area (Å²) in [5, 5.41) is 38.2. The van der Waals surface area contributed by atoms with E-state index in [-0.39, 0.29) is 17.9 Å². The number of methoxy groups -OCH3 is 1. The third-order valence-electron chi connectivity index (χ3n) is 2.46. The quantitative estimate of drug-likeness (QED) is 0.782. The molecular weight excluding hydrogens is 256 g/mol. The van der Waals surface area contributed by atoms with Gasteiger partial charge in [-0.2, -0.15) is 15.8 Å². The number of aliphatic hydroxyl groups is 1. The summed E-state index contributed by atoms with van der Waals surface area (Å²) >= 11 is 0. The van der Waals surface area contributed by atoms with Gasteiger partial charge in [0.05, 0.1) is 7.11 Å². The second-order valence-electron chi connectivity index (χ2n) is 3.75. The molecule has 0 saturated heterocycles. The fourth-order valence-corrected chi connectivity index (χ4v) is 1.55. The lowest BCUT2D eigenvalue weighted by Crippen LogP contribution is -2.02. The highest BCUT2D eigenvalue weighted by Gasteiger charge is 2.08. The van der Waals surface area contributed by atoms with Gasteiger partial charge < -0.3 is 15.2 Å². The van der Waals surface area contributed by atoms with Gasteiger partial charge in [0.2, 0.25) is 0 Å². The van der Waals surface area contributed by atoms with Crippen molar-refractivity contribution in [2.45, 2.75) is 6.42 Å². The Kier molecular flexibility index (Phi) is 5.59. The minimum absolute atomic E-state index is 0.0187. The Hall–Kier alpha value is -3.01. The number of anilines is 1. The van der Waals surface area contributed by atoms with E-state index in [1.165, 1.54) is 7.11 Å². The summed E-state index contributed by atoms with van der Waals surface area (Å²) < 4.78 is 5.12. The highest BCUT2D eigenvalue weighted by molar-refractivity contribution is 5.61. The second kappa shape index (κ2) is 7.43. The topological polar surface area (TPSA) is 113 Å². The lowest BCUT2D eigenvalue weighted by Gasteiger charge is -2.10. The Morgan fingerprint density at radius 3 is 2.40 bits per heavy atom. The molecule has 0 unspecified atom stereocenters. The Morgan fingerprint density at radius 2 is 1.90 bits per heavy atom. The molecule has 100 valence electrons. The first-order valence-corrected chi connectivity index (χ1v) is 5.69. The summed E-state index contributed by atoms with van der Waals surface area (Å²) in [5.74, 6) is 0.547. The van der Waals surface area contributed by atoms with Crippen LogP contribution < -0.4 is 10.1 Å². The van der Waals surface area contributed by atoms with Crippen molar-refractivity contribution in [3.63, 3.8) is 0 Å². The average Bonchev–Trinajstić information content (AvgIpc) is 2.47. The van der Waals surface area contributed by atoms with Gasteiger partial charge in [-0.15, -0.1) is 0 Å². The summed E-state index contributed by atoms with van der Waals surface area (Å²) in [6.07, 6.45) is 0.431. The molecule has 0 atom stereocenters. The number of benzene rings is 1. The number of rotatable bonds is 5. The largest absolute Gasteiger partial charge is 0.497 e. The molecule has 20 heavy (non-hydrogen) atoms. The van der Waals surface area contributed by atoms with E-state index >= 15 is 0 Å². The van der Waals surface area contributed by atoms with Crippen LogP contribution in [0.5, 0.6) is 5.75 Å². The summed E-state index contributed by atoms with van der Waals surface area (Å²) in [6, 6.07) is 10.2. The summed E-state index contributed by atoms with van der Waals surface area (Å²) in [5.41, 5.74) is 0.895. The normalized spacial score (nSPS) is 8.75. The van der Waals surface area contributed by atoms with Gasteiger partial charge in [-0.3, -0.25) is 0 Å². The Bertz CT molecular complexity index is 629. The first kappa shape index (κ1) is 15.0. The maximum Gasteiger partial charge on any atom is 0.163 e. The Labute approximate surface area is 116 Å². The van der Waals surface area contributed by atoms with Crippen molar-refractivity contribution in [1.29, 1.82) is 15.8 Å². The number of aliphatic hydroxyl groups excluding tert-OH is 1. The second-order valence-corrected chi connectivity index (χ2v) is 3.75. The van der Waals surface area contributed by atoms with E-state index in [4.69, 9.17) is 25.6 Å². The van der Waals surface area contributed by atoms with Gasteiger partial charge in [-0.1, -0.05) is 0 Å². The summed E-state index contributed by atoms with van der Waals surface area (Å²) in [7, 11) is 1.50. The molecule has 0 heterocycles. The van der Waals surface area contributed by atoms with Gasteiger partial charge in [0.25, 0.3) is 0 Å². The van der Waals surface area contributed by atoms with Crippen LogP contribution in [0.4, 0.5) is 5.69 Å². The number of nitriles is 3. The van der Waals surface area contributed by atoms with Crippen LogP contribution in [-0.4, -0.2) is 18.8 Å². The fourth-order valence-electron chi connectivity index (χ4n) is 1.55. The van der Waals surface area contributed by atoms with E-state index < -0.39 is 0 Å². The van der Waals surface area contributed by atoms with E-state index in [0.717, 1.165) is 5.56 Å². The molecule has 1 aromatic rings. The Morgan fingerprint density at radius 1 is 1.20 bits per heavy atom. The van der Waals surface area contributed by atoms with Crippen molar-refractivity contribution >= 4 is 5.69 Å². The molecule has 0 amide bonds. The van der Waals surface area contributed by atoms with Crippen LogP contribution in [0.2, 0.25) is 0 Å². The minimum Gasteiger partial charge on any atom is -0.497 e. The van der Waals surface area contributed by atoms with E-state index in [1.807, 2.05) is 0 Å². The summed E-state index contributed by atoms with van der Waals surface area (Å²) in [6.45, 7) is -0.0187. The number of hydrogen-bond donors (Lipinski definition) is 2. The average molecular weight is 268 g/mol. The molecule has 0 radical (unpaired) electrons. The van der Waals surface area contributed by atoms with E-state index in [1.54, 1.807) is 36.4 Å². The smallest absolute Gasteiger partial charge is 0.163 e.